The molecule has 0 aliphatic rings. The first-order chi connectivity index (χ1) is 12.0. The van der Waals surface area contributed by atoms with Gasteiger partial charge >= 0.3 is 0 Å². The Morgan fingerprint density at radius 3 is 2.40 bits per heavy atom. The number of benzene rings is 2. The summed E-state index contributed by atoms with van der Waals surface area (Å²) in [4.78, 5) is 12.3. The molecule has 1 amide bonds. The van der Waals surface area contributed by atoms with Crippen molar-refractivity contribution in [3.63, 3.8) is 0 Å². The first kappa shape index (κ1) is 16.8. The Labute approximate surface area is 146 Å². The van der Waals surface area contributed by atoms with E-state index in [0.717, 1.165) is 16.8 Å². The summed E-state index contributed by atoms with van der Waals surface area (Å²) >= 11 is 0. The Morgan fingerprint density at radius 1 is 1.08 bits per heavy atom. The predicted molar refractivity (Wildman–Crippen MR) is 97.2 cm³/mol. The van der Waals surface area contributed by atoms with Crippen molar-refractivity contribution in [2.75, 3.05) is 5.32 Å². The second kappa shape index (κ2) is 7.25. The number of carbonyl (C=O) groups excluding carboxylic acids is 1. The van der Waals surface area contributed by atoms with Gasteiger partial charge in [-0.25, -0.2) is 4.68 Å². The molecular weight excluding hydrogens is 314 g/mol. The molecule has 0 saturated carbocycles. The number of nitrogens with one attached hydrogen (secondary N) is 1. The maximum Gasteiger partial charge on any atom is 0.246 e. The maximum atomic E-state index is 12.3. The summed E-state index contributed by atoms with van der Waals surface area (Å²) in [6, 6.07) is 15.7. The molecule has 0 saturated heterocycles. The fraction of sp³-hybridized carbons (Fsp3) is 0.263. The Balaban J connectivity index is 1.69. The van der Waals surface area contributed by atoms with Crippen LogP contribution in [0, 0.1) is 6.92 Å². The highest BCUT2D eigenvalue weighted by atomic mass is 16.2. The standard InChI is InChI=1S/C19H21N5O/c1-13(2)15-8-10-17(11-9-15)20-18(25)12-24-19(21-22-23-24)16-6-4-14(3)5-7-16/h4-11,13H,12H2,1-3H3,(H,20,25). The highest BCUT2D eigenvalue weighted by Gasteiger charge is 2.12. The van der Waals surface area contributed by atoms with Crippen molar-refractivity contribution in [3.05, 3.63) is 59.7 Å². The predicted octanol–water partition coefficient (Wildman–Crippen LogP) is 3.41. The first-order valence-electron chi connectivity index (χ1n) is 8.26. The summed E-state index contributed by atoms with van der Waals surface area (Å²) < 4.78 is 1.50. The van der Waals surface area contributed by atoms with E-state index in [-0.39, 0.29) is 12.5 Å². The Hall–Kier alpha value is -3.02. The molecule has 1 heterocycles. The monoisotopic (exact) mass is 335 g/mol. The normalized spacial score (nSPS) is 10.9. The third-order valence-electron chi connectivity index (χ3n) is 4.00. The molecule has 25 heavy (non-hydrogen) atoms. The lowest BCUT2D eigenvalue weighted by atomic mass is 10.0. The fourth-order valence-corrected chi connectivity index (χ4v) is 2.51. The summed E-state index contributed by atoms with van der Waals surface area (Å²) in [5, 5.41) is 14.5. The molecule has 0 aliphatic carbocycles. The summed E-state index contributed by atoms with van der Waals surface area (Å²) in [6.45, 7) is 6.35. The minimum atomic E-state index is -0.169. The van der Waals surface area contributed by atoms with Crippen LogP contribution in [0.1, 0.15) is 30.9 Å². The van der Waals surface area contributed by atoms with Gasteiger partial charge in [-0.3, -0.25) is 4.79 Å². The lowest BCUT2D eigenvalue weighted by molar-refractivity contribution is -0.116. The van der Waals surface area contributed by atoms with E-state index < -0.39 is 0 Å². The number of aryl methyl sites for hydroxylation is 1. The van der Waals surface area contributed by atoms with Gasteiger partial charge in [0, 0.05) is 11.3 Å². The van der Waals surface area contributed by atoms with Crippen molar-refractivity contribution in [3.8, 4) is 11.4 Å². The van der Waals surface area contributed by atoms with Gasteiger partial charge in [-0.05, 0) is 41.0 Å². The number of nitrogens with zero attached hydrogens (tertiary/aromatic N) is 4. The SMILES string of the molecule is Cc1ccc(-c2nnnn2CC(=O)Nc2ccc(C(C)C)cc2)cc1. The molecule has 3 rings (SSSR count). The zero-order valence-corrected chi connectivity index (χ0v) is 14.6. The summed E-state index contributed by atoms with van der Waals surface area (Å²) in [7, 11) is 0. The van der Waals surface area contributed by atoms with E-state index >= 15 is 0 Å². The second-order valence-electron chi connectivity index (χ2n) is 6.35. The van der Waals surface area contributed by atoms with E-state index in [0.29, 0.717) is 11.7 Å². The molecule has 1 aromatic heterocycles. The van der Waals surface area contributed by atoms with Gasteiger partial charge in [-0.15, -0.1) is 5.10 Å². The van der Waals surface area contributed by atoms with Gasteiger partial charge in [0.05, 0.1) is 0 Å². The fourth-order valence-electron chi connectivity index (χ4n) is 2.51. The van der Waals surface area contributed by atoms with Gasteiger partial charge in [-0.2, -0.15) is 0 Å². The third kappa shape index (κ3) is 4.09. The molecule has 6 nitrogen and oxygen atoms in total. The number of hydrogen-bond donors (Lipinski definition) is 1. The Bertz CT molecular complexity index is 850. The molecule has 2 aromatic carbocycles. The Kier molecular flexibility index (Phi) is 4.88. The summed E-state index contributed by atoms with van der Waals surface area (Å²) in [6.07, 6.45) is 0. The molecule has 0 bridgehead atoms. The number of aromatic nitrogens is 4. The average molecular weight is 335 g/mol. The third-order valence-corrected chi connectivity index (χ3v) is 4.00. The van der Waals surface area contributed by atoms with Crippen molar-refractivity contribution in [2.24, 2.45) is 0 Å². The molecule has 0 radical (unpaired) electrons. The molecule has 1 N–H and O–H groups in total. The van der Waals surface area contributed by atoms with Crippen LogP contribution in [0.2, 0.25) is 0 Å². The number of anilines is 1. The summed E-state index contributed by atoms with van der Waals surface area (Å²) in [5.41, 5.74) is 4.04. The average Bonchev–Trinajstić information content (AvgIpc) is 3.04. The smallest absolute Gasteiger partial charge is 0.246 e. The van der Waals surface area contributed by atoms with E-state index in [4.69, 9.17) is 0 Å². The quantitative estimate of drug-likeness (QED) is 0.775. The lowest BCUT2D eigenvalue weighted by Gasteiger charge is -2.09. The lowest BCUT2D eigenvalue weighted by Crippen LogP contribution is -2.20. The highest BCUT2D eigenvalue weighted by Crippen LogP contribution is 2.18. The van der Waals surface area contributed by atoms with Crippen LogP contribution in [-0.4, -0.2) is 26.1 Å². The van der Waals surface area contributed by atoms with Crippen LogP contribution in [0.15, 0.2) is 48.5 Å². The molecule has 0 aliphatic heterocycles. The topological polar surface area (TPSA) is 72.7 Å². The second-order valence-corrected chi connectivity index (χ2v) is 6.35. The molecule has 128 valence electrons. The van der Waals surface area contributed by atoms with Gasteiger partial charge < -0.3 is 5.32 Å². The highest BCUT2D eigenvalue weighted by molar-refractivity contribution is 5.90. The van der Waals surface area contributed by atoms with Crippen LogP contribution >= 0.6 is 0 Å². The number of amides is 1. The van der Waals surface area contributed by atoms with Crippen molar-refractivity contribution in [1.82, 2.24) is 20.2 Å². The van der Waals surface area contributed by atoms with Crippen molar-refractivity contribution >= 4 is 11.6 Å². The molecular formula is C19H21N5O. The minimum absolute atomic E-state index is 0.0577. The van der Waals surface area contributed by atoms with Gasteiger partial charge in [0.1, 0.15) is 6.54 Å². The zero-order valence-electron chi connectivity index (χ0n) is 14.6. The number of rotatable bonds is 5. The van der Waals surface area contributed by atoms with Crippen LogP contribution in [0.4, 0.5) is 5.69 Å². The van der Waals surface area contributed by atoms with Crippen molar-refractivity contribution in [1.29, 1.82) is 0 Å². The van der Waals surface area contributed by atoms with Gasteiger partial charge in [-0.1, -0.05) is 55.8 Å². The van der Waals surface area contributed by atoms with Crippen LogP contribution < -0.4 is 5.32 Å². The molecule has 3 aromatic rings. The molecule has 0 atom stereocenters. The van der Waals surface area contributed by atoms with Crippen molar-refractivity contribution < 1.29 is 4.79 Å². The first-order valence-corrected chi connectivity index (χ1v) is 8.26. The number of hydrogen-bond acceptors (Lipinski definition) is 4. The van der Waals surface area contributed by atoms with Gasteiger partial charge in [0.2, 0.25) is 5.91 Å². The molecule has 6 heteroatoms. The number of tetrazole rings is 1. The van der Waals surface area contributed by atoms with E-state index in [1.54, 1.807) is 0 Å². The zero-order chi connectivity index (χ0) is 17.8. The largest absolute Gasteiger partial charge is 0.324 e. The van der Waals surface area contributed by atoms with Gasteiger partial charge in [0.15, 0.2) is 5.82 Å². The van der Waals surface area contributed by atoms with E-state index in [9.17, 15) is 4.79 Å². The van der Waals surface area contributed by atoms with Crippen LogP contribution in [0.5, 0.6) is 0 Å². The molecule has 0 unspecified atom stereocenters. The molecule has 0 spiro atoms. The van der Waals surface area contributed by atoms with Crippen LogP contribution in [-0.2, 0) is 11.3 Å². The maximum absolute atomic E-state index is 12.3. The van der Waals surface area contributed by atoms with E-state index in [1.807, 2.05) is 55.5 Å². The van der Waals surface area contributed by atoms with Crippen LogP contribution in [0.3, 0.4) is 0 Å². The van der Waals surface area contributed by atoms with E-state index in [1.165, 1.54) is 10.2 Å². The van der Waals surface area contributed by atoms with Crippen molar-refractivity contribution in [2.45, 2.75) is 33.2 Å². The van der Waals surface area contributed by atoms with Crippen LogP contribution in [0.25, 0.3) is 11.4 Å². The van der Waals surface area contributed by atoms with E-state index in [2.05, 4.69) is 34.7 Å². The number of carbonyl (C=O) groups is 1. The molecule has 0 fully saturated rings. The minimum Gasteiger partial charge on any atom is -0.324 e. The summed E-state index contributed by atoms with van der Waals surface area (Å²) in [5.74, 6) is 0.867. The van der Waals surface area contributed by atoms with Gasteiger partial charge in [0.25, 0.3) is 0 Å². The Morgan fingerprint density at radius 2 is 1.76 bits per heavy atom.